The molecule has 38 heavy (non-hydrogen) atoms. The second-order valence-corrected chi connectivity index (χ2v) is 10.5. The number of benzene rings is 1. The number of sulfonamides is 1. The van der Waals surface area contributed by atoms with Crippen molar-refractivity contribution in [2.45, 2.75) is 10.9 Å². The second-order valence-electron chi connectivity index (χ2n) is 8.39. The Morgan fingerprint density at radius 1 is 1.13 bits per heavy atom. The molecular formula is C23H18ClFN8O4S. The van der Waals surface area contributed by atoms with Gasteiger partial charge in [-0.25, -0.2) is 22.8 Å². The lowest BCUT2D eigenvalue weighted by Gasteiger charge is -2.26. The Bertz CT molecular complexity index is 1810. The molecule has 1 aromatic carbocycles. The van der Waals surface area contributed by atoms with E-state index in [2.05, 4.69) is 35.2 Å². The lowest BCUT2D eigenvalue weighted by molar-refractivity contribution is 0.0208. The van der Waals surface area contributed by atoms with Crippen LogP contribution in [0, 0.1) is 5.82 Å². The summed E-state index contributed by atoms with van der Waals surface area (Å²) in [5, 5.41) is 12.0. The highest BCUT2D eigenvalue weighted by atomic mass is 35.5. The fourth-order valence-electron chi connectivity index (χ4n) is 4.00. The predicted molar refractivity (Wildman–Crippen MR) is 136 cm³/mol. The number of nitrogens with one attached hydrogen (secondary N) is 2. The van der Waals surface area contributed by atoms with Gasteiger partial charge in [0.25, 0.3) is 10.0 Å². The summed E-state index contributed by atoms with van der Waals surface area (Å²) in [4.78, 5) is 12.6. The molecule has 0 saturated carbocycles. The van der Waals surface area contributed by atoms with E-state index in [1.165, 1.54) is 37.8 Å². The van der Waals surface area contributed by atoms with Crippen molar-refractivity contribution in [2.24, 2.45) is 0 Å². The maximum Gasteiger partial charge on any atom is 0.267 e. The number of halogens is 2. The highest BCUT2D eigenvalue weighted by molar-refractivity contribution is 7.92. The predicted octanol–water partition coefficient (Wildman–Crippen LogP) is 3.15. The first-order chi connectivity index (χ1) is 18.3. The van der Waals surface area contributed by atoms with Gasteiger partial charge in [0.1, 0.15) is 12.1 Å². The zero-order chi connectivity index (χ0) is 26.4. The number of nitrogens with zero attached hydrogens (tertiary/aromatic N) is 6. The third-order valence-corrected chi connectivity index (χ3v) is 7.44. The van der Waals surface area contributed by atoms with Crippen LogP contribution in [0.15, 0.2) is 53.9 Å². The number of hydrogen-bond donors (Lipinski definition) is 2. The van der Waals surface area contributed by atoms with Crippen LogP contribution in [0.3, 0.4) is 0 Å². The lowest BCUT2D eigenvalue weighted by atomic mass is 10.0. The first kappa shape index (κ1) is 24.2. The minimum absolute atomic E-state index is 0.0927. The number of fused-ring (bicyclic) bond motifs is 3. The molecule has 0 radical (unpaired) electrons. The average Bonchev–Trinajstić information content (AvgIpc) is 3.37. The Kier molecular flexibility index (Phi) is 5.93. The topological polar surface area (TPSA) is 146 Å². The molecule has 0 amide bonds. The van der Waals surface area contributed by atoms with Gasteiger partial charge in [-0.15, -0.1) is 10.2 Å². The van der Waals surface area contributed by atoms with Crippen molar-refractivity contribution < 1.29 is 22.3 Å². The molecule has 4 aromatic heterocycles. The summed E-state index contributed by atoms with van der Waals surface area (Å²) in [6, 6.07) is 6.84. The minimum atomic E-state index is -4.18. The van der Waals surface area contributed by atoms with Crippen LogP contribution >= 0.6 is 11.6 Å². The molecule has 6 rings (SSSR count). The summed E-state index contributed by atoms with van der Waals surface area (Å²) in [5.74, 6) is -0.312. The Morgan fingerprint density at radius 3 is 2.74 bits per heavy atom. The molecule has 0 aliphatic carbocycles. The van der Waals surface area contributed by atoms with Gasteiger partial charge >= 0.3 is 0 Å². The first-order valence-corrected chi connectivity index (χ1v) is 13.0. The molecular weight excluding hydrogens is 539 g/mol. The van der Waals surface area contributed by atoms with Crippen molar-refractivity contribution in [1.29, 1.82) is 0 Å². The number of anilines is 2. The van der Waals surface area contributed by atoms with Crippen LogP contribution in [-0.4, -0.2) is 64.3 Å². The van der Waals surface area contributed by atoms with Crippen molar-refractivity contribution in [1.82, 2.24) is 29.5 Å². The monoisotopic (exact) mass is 556 g/mol. The first-order valence-electron chi connectivity index (χ1n) is 11.2. The number of pyridine rings is 2. The highest BCUT2D eigenvalue weighted by Crippen LogP contribution is 2.33. The molecule has 0 spiro atoms. The third kappa shape index (κ3) is 4.31. The number of ether oxygens (including phenoxy) is 2. The molecule has 0 bridgehead atoms. The van der Waals surface area contributed by atoms with Gasteiger partial charge in [-0.05, 0) is 30.3 Å². The minimum Gasteiger partial charge on any atom is -0.480 e. The zero-order valence-corrected chi connectivity index (χ0v) is 21.2. The standard InChI is InChI=1S/C23H18ClFN8O4S/c1-36-22-19(5-13(24)8-26-22)38(34,35)32-14-2-3-18(25)16(6-14)17-4-12-7-27-23(29-15-9-37-10-15)30-20(12)33-11-28-31-21(17)33/h2-8,11,15,32H,9-10H2,1H3,(H,27,29,30). The van der Waals surface area contributed by atoms with Gasteiger partial charge in [-0.2, -0.15) is 4.98 Å². The van der Waals surface area contributed by atoms with E-state index < -0.39 is 15.8 Å². The third-order valence-electron chi connectivity index (χ3n) is 5.86. The Morgan fingerprint density at radius 2 is 1.97 bits per heavy atom. The van der Waals surface area contributed by atoms with Crippen molar-refractivity contribution >= 4 is 49.9 Å². The van der Waals surface area contributed by atoms with Crippen LogP contribution in [-0.2, 0) is 14.8 Å². The van der Waals surface area contributed by atoms with Gasteiger partial charge in [0, 0.05) is 34.6 Å². The number of aromatic nitrogens is 6. The quantitative estimate of drug-likeness (QED) is 0.306. The molecule has 1 aliphatic heterocycles. The fourth-order valence-corrected chi connectivity index (χ4v) is 5.42. The molecule has 5 aromatic rings. The summed E-state index contributed by atoms with van der Waals surface area (Å²) in [5.41, 5.74) is 1.40. The maximum absolute atomic E-state index is 15.1. The smallest absolute Gasteiger partial charge is 0.267 e. The molecule has 5 heterocycles. The van der Waals surface area contributed by atoms with Crippen LogP contribution < -0.4 is 14.8 Å². The van der Waals surface area contributed by atoms with E-state index in [9.17, 15) is 8.42 Å². The summed E-state index contributed by atoms with van der Waals surface area (Å²) in [6.45, 7) is 1.14. The number of hydrogen-bond acceptors (Lipinski definition) is 10. The van der Waals surface area contributed by atoms with E-state index in [-0.39, 0.29) is 33.1 Å². The summed E-state index contributed by atoms with van der Waals surface area (Å²) < 4.78 is 55.6. The number of rotatable bonds is 7. The Labute approximate surface area is 219 Å². The van der Waals surface area contributed by atoms with Gasteiger partial charge < -0.3 is 14.8 Å². The van der Waals surface area contributed by atoms with E-state index in [4.69, 9.17) is 21.1 Å². The summed E-state index contributed by atoms with van der Waals surface area (Å²) in [6.07, 6.45) is 4.34. The average molecular weight is 557 g/mol. The SMILES string of the molecule is COc1ncc(Cl)cc1S(=O)(=O)Nc1ccc(F)c(-c2cc3cnc(NC4COC4)nc3n3cnnc23)c1. The molecule has 0 unspecified atom stereocenters. The van der Waals surface area contributed by atoms with Crippen LogP contribution in [0.1, 0.15) is 0 Å². The zero-order valence-electron chi connectivity index (χ0n) is 19.6. The molecule has 2 N–H and O–H groups in total. The van der Waals surface area contributed by atoms with Gasteiger partial charge in [-0.3, -0.25) is 9.12 Å². The lowest BCUT2D eigenvalue weighted by Crippen LogP contribution is -2.40. The Balaban J connectivity index is 1.41. The second kappa shape index (κ2) is 9.31. The van der Waals surface area contributed by atoms with Gasteiger partial charge in [0.2, 0.25) is 11.8 Å². The van der Waals surface area contributed by atoms with Gasteiger partial charge in [0.05, 0.1) is 31.4 Å². The van der Waals surface area contributed by atoms with Crippen LogP contribution in [0.5, 0.6) is 5.88 Å². The summed E-state index contributed by atoms with van der Waals surface area (Å²) >= 11 is 5.95. The summed E-state index contributed by atoms with van der Waals surface area (Å²) in [7, 11) is -2.89. The van der Waals surface area contributed by atoms with Crippen molar-refractivity contribution in [3.05, 3.63) is 59.9 Å². The van der Waals surface area contributed by atoms with E-state index >= 15 is 4.39 Å². The molecule has 15 heteroatoms. The van der Waals surface area contributed by atoms with Crippen LogP contribution in [0.4, 0.5) is 16.0 Å². The van der Waals surface area contributed by atoms with Crippen LogP contribution in [0.2, 0.25) is 5.02 Å². The van der Waals surface area contributed by atoms with Gasteiger partial charge in [-0.1, -0.05) is 11.6 Å². The molecule has 1 saturated heterocycles. The highest BCUT2D eigenvalue weighted by Gasteiger charge is 2.23. The normalized spacial score (nSPS) is 14.0. The van der Waals surface area contributed by atoms with E-state index in [0.29, 0.717) is 41.4 Å². The molecule has 194 valence electrons. The van der Waals surface area contributed by atoms with E-state index in [1.807, 2.05) is 0 Å². The largest absolute Gasteiger partial charge is 0.480 e. The van der Waals surface area contributed by atoms with E-state index in [1.54, 1.807) is 16.7 Å². The number of methoxy groups -OCH3 is 1. The van der Waals surface area contributed by atoms with Gasteiger partial charge in [0.15, 0.2) is 16.2 Å². The van der Waals surface area contributed by atoms with Crippen molar-refractivity contribution in [2.75, 3.05) is 30.4 Å². The fraction of sp³-hybridized carbons (Fsp3) is 0.174. The molecule has 1 aliphatic rings. The van der Waals surface area contributed by atoms with E-state index in [0.717, 1.165) is 6.07 Å². The molecule has 1 fully saturated rings. The van der Waals surface area contributed by atoms with Crippen molar-refractivity contribution in [3.8, 4) is 17.0 Å². The molecule has 12 nitrogen and oxygen atoms in total. The van der Waals surface area contributed by atoms with Crippen LogP contribution in [0.25, 0.3) is 27.8 Å². The molecule has 0 atom stereocenters. The Hall–Kier alpha value is -4.14. The maximum atomic E-state index is 15.1. The van der Waals surface area contributed by atoms with Crippen molar-refractivity contribution in [3.63, 3.8) is 0 Å².